The molecule has 0 saturated heterocycles. The molecule has 1 aromatic heterocycles. The lowest BCUT2D eigenvalue weighted by Crippen LogP contribution is -2.37. The fourth-order valence-corrected chi connectivity index (χ4v) is 4.00. The van der Waals surface area contributed by atoms with Crippen molar-refractivity contribution in [1.29, 1.82) is 0 Å². The highest BCUT2D eigenvalue weighted by atomic mass is 16.5. The first-order valence-corrected chi connectivity index (χ1v) is 9.21. The first kappa shape index (κ1) is 16.7. The van der Waals surface area contributed by atoms with E-state index in [-0.39, 0.29) is 5.91 Å². The smallest absolute Gasteiger partial charge is 0.227 e. The number of hydrogen-bond acceptors (Lipinski definition) is 2. The number of aromatic nitrogens is 1. The van der Waals surface area contributed by atoms with Crippen molar-refractivity contribution >= 4 is 16.8 Å². The summed E-state index contributed by atoms with van der Waals surface area (Å²) in [6.07, 6.45) is 1.36. The topological polar surface area (TPSA) is 34.5 Å². The molecule has 0 fully saturated rings. The number of amides is 1. The van der Waals surface area contributed by atoms with E-state index >= 15 is 0 Å². The zero-order valence-electron chi connectivity index (χ0n) is 15.4. The van der Waals surface area contributed by atoms with Crippen molar-refractivity contribution in [2.75, 3.05) is 13.7 Å². The number of carbonyl (C=O) groups excluding carboxylic acids is 1. The number of carbonyl (C=O) groups is 1. The zero-order chi connectivity index (χ0) is 18.1. The van der Waals surface area contributed by atoms with Crippen LogP contribution in [0.1, 0.15) is 23.7 Å². The van der Waals surface area contributed by atoms with Gasteiger partial charge in [0.1, 0.15) is 5.75 Å². The second kappa shape index (κ2) is 6.87. The van der Waals surface area contributed by atoms with Gasteiger partial charge in [0.2, 0.25) is 5.91 Å². The van der Waals surface area contributed by atoms with E-state index in [9.17, 15) is 4.79 Å². The van der Waals surface area contributed by atoms with Gasteiger partial charge in [-0.25, -0.2) is 0 Å². The van der Waals surface area contributed by atoms with E-state index in [1.807, 2.05) is 29.2 Å². The van der Waals surface area contributed by atoms with E-state index < -0.39 is 0 Å². The third-order valence-corrected chi connectivity index (χ3v) is 5.34. The number of aryl methyl sites for hydroxylation is 1. The zero-order valence-corrected chi connectivity index (χ0v) is 15.4. The summed E-state index contributed by atoms with van der Waals surface area (Å²) in [4.78, 5) is 14.8. The maximum atomic E-state index is 12.8. The summed E-state index contributed by atoms with van der Waals surface area (Å²) in [6.45, 7) is 4.65. The molecule has 0 N–H and O–H groups in total. The molecule has 4 heteroatoms. The molecule has 26 heavy (non-hydrogen) atoms. The van der Waals surface area contributed by atoms with Crippen LogP contribution in [0.5, 0.6) is 5.75 Å². The van der Waals surface area contributed by atoms with Crippen molar-refractivity contribution in [2.24, 2.45) is 0 Å². The number of para-hydroxylation sites is 1. The Morgan fingerprint density at radius 3 is 2.62 bits per heavy atom. The maximum absolute atomic E-state index is 12.8. The van der Waals surface area contributed by atoms with Gasteiger partial charge in [-0.3, -0.25) is 4.79 Å². The highest BCUT2D eigenvalue weighted by Crippen LogP contribution is 2.31. The van der Waals surface area contributed by atoms with Crippen LogP contribution in [0.15, 0.2) is 48.5 Å². The first-order valence-electron chi connectivity index (χ1n) is 9.21. The molecule has 1 amide bonds. The van der Waals surface area contributed by atoms with Crippen molar-refractivity contribution in [1.82, 2.24) is 9.47 Å². The first-order chi connectivity index (χ1) is 12.7. The van der Waals surface area contributed by atoms with Gasteiger partial charge in [-0.15, -0.1) is 0 Å². The summed E-state index contributed by atoms with van der Waals surface area (Å²) >= 11 is 0. The summed E-state index contributed by atoms with van der Waals surface area (Å²) in [5.74, 6) is 1.00. The molecule has 0 radical (unpaired) electrons. The van der Waals surface area contributed by atoms with Crippen LogP contribution >= 0.6 is 0 Å². The molecule has 0 saturated carbocycles. The van der Waals surface area contributed by atoms with Crippen molar-refractivity contribution < 1.29 is 9.53 Å². The number of nitrogens with zero attached hydrogens (tertiary/aromatic N) is 2. The van der Waals surface area contributed by atoms with Crippen molar-refractivity contribution in [3.05, 3.63) is 65.4 Å². The molecule has 0 atom stereocenters. The van der Waals surface area contributed by atoms with E-state index in [1.165, 1.54) is 22.2 Å². The number of fused-ring (bicyclic) bond motifs is 3. The standard InChI is InChI=1S/C22H24N2O2/c1-3-24-20-7-5-4-6-18(20)19-15-23(13-12-21(19)24)22(25)14-16-8-10-17(26-2)11-9-16/h4-11H,3,12-15H2,1-2H3. The predicted octanol–water partition coefficient (Wildman–Crippen LogP) is 3.80. The molecule has 3 aromatic rings. The molecule has 0 spiro atoms. The molecular formula is C22H24N2O2. The summed E-state index contributed by atoms with van der Waals surface area (Å²) in [5.41, 5.74) is 5.01. The van der Waals surface area contributed by atoms with Gasteiger partial charge >= 0.3 is 0 Å². The predicted molar refractivity (Wildman–Crippen MR) is 103 cm³/mol. The summed E-state index contributed by atoms with van der Waals surface area (Å²) in [6, 6.07) is 16.3. The lowest BCUT2D eigenvalue weighted by atomic mass is 10.0. The SMILES string of the molecule is CCn1c2c(c3ccccc31)CN(C(=O)Cc1ccc(OC)cc1)CC2. The minimum Gasteiger partial charge on any atom is -0.497 e. The van der Waals surface area contributed by atoms with E-state index in [0.29, 0.717) is 13.0 Å². The van der Waals surface area contributed by atoms with Gasteiger partial charge in [0.05, 0.1) is 13.5 Å². The molecule has 0 unspecified atom stereocenters. The Hall–Kier alpha value is -2.75. The molecule has 4 rings (SSSR count). The summed E-state index contributed by atoms with van der Waals surface area (Å²) in [5, 5.41) is 1.28. The summed E-state index contributed by atoms with van der Waals surface area (Å²) in [7, 11) is 1.65. The molecule has 1 aliphatic rings. The van der Waals surface area contributed by atoms with Crippen LogP contribution in [-0.4, -0.2) is 29.0 Å². The Bertz CT molecular complexity index is 941. The normalized spacial score (nSPS) is 13.7. The van der Waals surface area contributed by atoms with Crippen LogP contribution in [0.3, 0.4) is 0 Å². The van der Waals surface area contributed by atoms with E-state index in [0.717, 1.165) is 30.8 Å². The average molecular weight is 348 g/mol. The van der Waals surface area contributed by atoms with Gasteiger partial charge in [-0.1, -0.05) is 30.3 Å². The number of benzene rings is 2. The number of ether oxygens (including phenoxy) is 1. The Kier molecular flexibility index (Phi) is 4.41. The fourth-order valence-electron chi connectivity index (χ4n) is 4.00. The Balaban J connectivity index is 1.57. The minimum atomic E-state index is 0.189. The van der Waals surface area contributed by atoms with E-state index in [4.69, 9.17) is 4.74 Å². The molecule has 1 aliphatic heterocycles. The van der Waals surface area contributed by atoms with Crippen LogP contribution in [-0.2, 0) is 30.7 Å². The van der Waals surface area contributed by atoms with Gasteiger partial charge in [0.25, 0.3) is 0 Å². The van der Waals surface area contributed by atoms with Crippen LogP contribution in [0.4, 0.5) is 0 Å². The van der Waals surface area contributed by atoms with Gasteiger partial charge in [0, 0.05) is 48.2 Å². The maximum Gasteiger partial charge on any atom is 0.227 e. The van der Waals surface area contributed by atoms with E-state index in [1.54, 1.807) is 7.11 Å². The van der Waals surface area contributed by atoms with Crippen molar-refractivity contribution in [3.8, 4) is 5.75 Å². The molecule has 4 nitrogen and oxygen atoms in total. The Morgan fingerprint density at radius 2 is 1.88 bits per heavy atom. The number of hydrogen-bond donors (Lipinski definition) is 0. The minimum absolute atomic E-state index is 0.189. The van der Waals surface area contributed by atoms with Crippen LogP contribution < -0.4 is 4.74 Å². The molecule has 2 heterocycles. The largest absolute Gasteiger partial charge is 0.497 e. The lowest BCUT2D eigenvalue weighted by molar-refractivity contribution is -0.131. The molecule has 0 bridgehead atoms. The third-order valence-electron chi connectivity index (χ3n) is 5.34. The highest BCUT2D eigenvalue weighted by Gasteiger charge is 2.26. The lowest BCUT2D eigenvalue weighted by Gasteiger charge is -2.28. The second-order valence-corrected chi connectivity index (χ2v) is 6.78. The average Bonchev–Trinajstić information content (AvgIpc) is 3.01. The second-order valence-electron chi connectivity index (χ2n) is 6.78. The van der Waals surface area contributed by atoms with Gasteiger partial charge in [-0.05, 0) is 30.7 Å². The molecule has 134 valence electrons. The highest BCUT2D eigenvalue weighted by molar-refractivity contribution is 5.87. The fraction of sp³-hybridized carbons (Fsp3) is 0.318. The number of rotatable bonds is 4. The Labute approximate surface area is 154 Å². The van der Waals surface area contributed by atoms with Gasteiger partial charge < -0.3 is 14.2 Å². The quantitative estimate of drug-likeness (QED) is 0.719. The molecular weight excluding hydrogens is 324 g/mol. The van der Waals surface area contributed by atoms with Crippen LogP contribution in [0.25, 0.3) is 10.9 Å². The number of methoxy groups -OCH3 is 1. The van der Waals surface area contributed by atoms with Crippen LogP contribution in [0.2, 0.25) is 0 Å². The Morgan fingerprint density at radius 1 is 1.12 bits per heavy atom. The van der Waals surface area contributed by atoms with Crippen LogP contribution in [0, 0.1) is 0 Å². The third kappa shape index (κ3) is 2.85. The molecule has 2 aromatic carbocycles. The van der Waals surface area contributed by atoms with Crippen molar-refractivity contribution in [3.63, 3.8) is 0 Å². The van der Waals surface area contributed by atoms with E-state index in [2.05, 4.69) is 35.8 Å². The summed E-state index contributed by atoms with van der Waals surface area (Å²) < 4.78 is 7.58. The monoisotopic (exact) mass is 348 g/mol. The molecule has 0 aliphatic carbocycles. The van der Waals surface area contributed by atoms with Gasteiger partial charge in [0.15, 0.2) is 0 Å². The van der Waals surface area contributed by atoms with Crippen molar-refractivity contribution in [2.45, 2.75) is 32.9 Å². The van der Waals surface area contributed by atoms with Gasteiger partial charge in [-0.2, -0.15) is 0 Å².